The highest BCUT2D eigenvalue weighted by Crippen LogP contribution is 2.48. The van der Waals surface area contributed by atoms with Crippen LogP contribution in [0, 0.1) is 35.5 Å². The lowest BCUT2D eigenvalue weighted by atomic mass is 9.78. The standard InChI is InChI=1S/C56H90NO17P/c1-35-17-13-12-14-18-36(2)47(67-8)33-43-22-20-41(7)56(65,73-43)53(62)54(63)57-24-16-15-19-44(57)55(64)72-48(34-45(59)37(3)30-40(6)51(61)52(69-10)50(60)39(5)29-35)38(4)31-42-21-23-46(49(32-42)68-9)74-75(11,66)71-28-27-70-26-25-58/h12-14,17-18,30,35,37-39,41-44,46-49,51-52,58,61,65H,15-16,19-29,31-34H2,1-11H3/b14-12?,17-13+,36-18?,40-30+/t35-,37-,38-,39-,41-,42+,43+,44+,46-,47+,48?,49-,51-,52+,56-,75?/m1/s1. The summed E-state index contributed by atoms with van der Waals surface area (Å²) < 4.78 is 59.8. The lowest BCUT2D eigenvalue weighted by Gasteiger charge is -2.42. The summed E-state index contributed by atoms with van der Waals surface area (Å²) in [4.78, 5) is 72.6. The Hall–Kier alpha value is -3.26. The van der Waals surface area contributed by atoms with E-state index in [1.54, 1.807) is 48.0 Å². The van der Waals surface area contributed by atoms with Gasteiger partial charge in [0.15, 0.2) is 5.78 Å². The highest BCUT2D eigenvalue weighted by molar-refractivity contribution is 7.53. The Morgan fingerprint density at radius 1 is 0.853 bits per heavy atom. The number of allylic oxidation sites excluding steroid dienone is 6. The first-order valence-corrected chi connectivity index (χ1v) is 29.1. The van der Waals surface area contributed by atoms with Gasteiger partial charge in [-0.25, -0.2) is 4.79 Å². The molecule has 1 amide bonds. The molecule has 3 aliphatic heterocycles. The second kappa shape index (κ2) is 30.8. The third-order valence-electron chi connectivity index (χ3n) is 15.6. The minimum atomic E-state index is -3.51. The van der Waals surface area contributed by atoms with Crippen molar-refractivity contribution < 1.29 is 81.3 Å². The quantitative estimate of drug-likeness (QED) is 0.0519. The Morgan fingerprint density at radius 2 is 1.59 bits per heavy atom. The molecular weight excluding hydrogens is 990 g/mol. The Morgan fingerprint density at radius 3 is 2.27 bits per heavy atom. The molecule has 18 nitrogen and oxygen atoms in total. The first kappa shape index (κ1) is 64.3. The maximum Gasteiger partial charge on any atom is 0.329 e. The molecule has 75 heavy (non-hydrogen) atoms. The topological polar surface area (TPSA) is 240 Å². The molecule has 3 fully saturated rings. The minimum absolute atomic E-state index is 0.000234. The zero-order valence-electron chi connectivity index (χ0n) is 46.5. The van der Waals surface area contributed by atoms with Gasteiger partial charge in [-0.15, -0.1) is 0 Å². The Labute approximate surface area is 445 Å². The van der Waals surface area contributed by atoms with E-state index in [4.69, 9.17) is 42.6 Å². The van der Waals surface area contributed by atoms with Crippen LogP contribution in [0.2, 0.25) is 0 Å². The Kier molecular flexibility index (Phi) is 26.4. The summed E-state index contributed by atoms with van der Waals surface area (Å²) in [6.45, 7) is 14.1. The van der Waals surface area contributed by atoms with Gasteiger partial charge in [-0.05, 0) is 107 Å². The van der Waals surface area contributed by atoms with Gasteiger partial charge in [0.1, 0.15) is 30.1 Å². The first-order chi connectivity index (χ1) is 35.5. The second-order valence-corrected chi connectivity index (χ2v) is 23.6. The molecule has 19 heteroatoms. The summed E-state index contributed by atoms with van der Waals surface area (Å²) >= 11 is 0. The molecule has 2 saturated heterocycles. The van der Waals surface area contributed by atoms with E-state index in [0.29, 0.717) is 69.8 Å². The molecule has 1 saturated carbocycles. The van der Waals surface area contributed by atoms with Crippen LogP contribution in [-0.2, 0) is 66.0 Å². The number of methoxy groups -OCH3 is 3. The number of fused-ring (bicyclic) bond motifs is 3. The SMILES string of the molecule is CO[C@H]1C[C@@H]2CC[C@@H](C)[C@@](O)(O2)C(=O)C(=O)N2CCCC[C@H]2C(=O)OC([C@H](C)C[C@@H]2CC[C@@H](OP(C)(=O)OCCOCCO)[C@H](OC)C2)CC(=O)[C@H](C)/C=C(\C)[C@@H](O)[C@@H](OC)C(=O)[C@H](C)C[C@H](C)/C=C/C=CC=C1C. The molecular formula is C56H90NO17P. The second-order valence-electron chi connectivity index (χ2n) is 21.6. The number of nitrogens with zero attached hydrogens (tertiary/aromatic N) is 1. The molecule has 4 aliphatic rings. The van der Waals surface area contributed by atoms with Crippen molar-refractivity contribution in [3.8, 4) is 0 Å². The van der Waals surface area contributed by atoms with Crippen molar-refractivity contribution in [3.05, 3.63) is 47.6 Å². The van der Waals surface area contributed by atoms with E-state index in [-0.39, 0.29) is 69.2 Å². The number of ether oxygens (including phenoxy) is 6. The van der Waals surface area contributed by atoms with E-state index in [9.17, 15) is 38.8 Å². The lowest BCUT2D eigenvalue weighted by Crippen LogP contribution is -2.61. The van der Waals surface area contributed by atoms with E-state index in [2.05, 4.69) is 0 Å². The molecule has 426 valence electrons. The summed E-state index contributed by atoms with van der Waals surface area (Å²) in [7, 11) is 0.977. The van der Waals surface area contributed by atoms with Gasteiger partial charge in [0.25, 0.3) is 11.7 Å². The fourth-order valence-corrected chi connectivity index (χ4v) is 12.1. The number of ketones is 3. The van der Waals surface area contributed by atoms with Crippen molar-refractivity contribution in [2.24, 2.45) is 35.5 Å². The van der Waals surface area contributed by atoms with Crippen LogP contribution in [0.5, 0.6) is 0 Å². The normalized spacial score (nSPS) is 36.4. The van der Waals surface area contributed by atoms with Crippen LogP contribution in [-0.4, -0.2) is 165 Å². The molecule has 0 spiro atoms. The lowest BCUT2D eigenvalue weighted by molar-refractivity contribution is -0.265. The largest absolute Gasteiger partial charge is 0.460 e. The average molecular weight is 1080 g/mol. The summed E-state index contributed by atoms with van der Waals surface area (Å²) in [5.74, 6) is -8.47. The average Bonchev–Trinajstić information content (AvgIpc) is 3.37. The molecule has 3 heterocycles. The van der Waals surface area contributed by atoms with Crippen molar-refractivity contribution in [2.75, 3.05) is 61.0 Å². The fraction of sp³-hybridized carbons (Fsp3) is 0.768. The van der Waals surface area contributed by atoms with Gasteiger partial charge in [0.2, 0.25) is 5.79 Å². The van der Waals surface area contributed by atoms with E-state index in [1.807, 2.05) is 51.2 Å². The molecule has 0 aromatic rings. The van der Waals surface area contributed by atoms with Crippen LogP contribution in [0.3, 0.4) is 0 Å². The van der Waals surface area contributed by atoms with Crippen molar-refractivity contribution >= 4 is 36.8 Å². The molecule has 0 radical (unpaired) electrons. The molecule has 16 atom stereocenters. The number of amides is 1. The molecule has 0 aromatic carbocycles. The zero-order valence-corrected chi connectivity index (χ0v) is 47.4. The smallest absolute Gasteiger partial charge is 0.329 e. The van der Waals surface area contributed by atoms with E-state index in [0.717, 1.165) is 5.57 Å². The third kappa shape index (κ3) is 18.7. The third-order valence-corrected chi connectivity index (χ3v) is 16.9. The number of esters is 1. The van der Waals surface area contributed by atoms with E-state index < -0.39 is 103 Å². The summed E-state index contributed by atoms with van der Waals surface area (Å²) in [5.41, 5.74) is 1.22. The fourth-order valence-electron chi connectivity index (χ4n) is 10.9. The number of Topliss-reactive ketones (excluding diaryl/α,β-unsaturated/α-hetero) is 3. The van der Waals surface area contributed by atoms with Gasteiger partial charge >= 0.3 is 13.6 Å². The van der Waals surface area contributed by atoms with Gasteiger partial charge in [0, 0.05) is 65.1 Å². The van der Waals surface area contributed by atoms with Crippen LogP contribution in [0.15, 0.2) is 47.6 Å². The van der Waals surface area contributed by atoms with Crippen molar-refractivity contribution in [3.63, 3.8) is 0 Å². The van der Waals surface area contributed by atoms with Crippen molar-refractivity contribution in [2.45, 2.75) is 180 Å². The van der Waals surface area contributed by atoms with Gasteiger partial charge in [-0.2, -0.15) is 0 Å². The maximum absolute atomic E-state index is 14.6. The van der Waals surface area contributed by atoms with Crippen molar-refractivity contribution in [1.82, 2.24) is 4.90 Å². The highest BCUT2D eigenvalue weighted by Gasteiger charge is 2.53. The number of hydrogen-bond acceptors (Lipinski definition) is 17. The molecule has 4 rings (SSSR count). The molecule has 2 bridgehead atoms. The van der Waals surface area contributed by atoms with Gasteiger partial charge in [-0.3, -0.25) is 23.7 Å². The van der Waals surface area contributed by atoms with Crippen LogP contribution < -0.4 is 0 Å². The molecule has 2 unspecified atom stereocenters. The predicted molar refractivity (Wildman–Crippen MR) is 281 cm³/mol. The Balaban J connectivity index is 1.66. The molecule has 3 N–H and O–H groups in total. The van der Waals surface area contributed by atoms with Crippen LogP contribution in [0.1, 0.15) is 126 Å². The van der Waals surface area contributed by atoms with E-state index >= 15 is 0 Å². The number of aliphatic hydroxyl groups excluding tert-OH is 2. The number of carbonyl (C=O) groups excluding carboxylic acids is 5. The van der Waals surface area contributed by atoms with Crippen LogP contribution >= 0.6 is 7.60 Å². The predicted octanol–water partition coefficient (Wildman–Crippen LogP) is 7.05. The van der Waals surface area contributed by atoms with E-state index in [1.165, 1.54) is 18.7 Å². The molecule has 0 aromatic heterocycles. The highest BCUT2D eigenvalue weighted by atomic mass is 31.2. The van der Waals surface area contributed by atoms with Crippen molar-refractivity contribution in [1.29, 1.82) is 0 Å². The Bertz CT molecular complexity index is 2060. The van der Waals surface area contributed by atoms with Gasteiger partial charge < -0.3 is 57.7 Å². The number of cyclic esters (lactones) is 1. The summed E-state index contributed by atoms with van der Waals surface area (Å²) in [5, 5.41) is 32.5. The first-order valence-electron chi connectivity index (χ1n) is 27.1. The van der Waals surface area contributed by atoms with Crippen LogP contribution in [0.25, 0.3) is 0 Å². The summed E-state index contributed by atoms with van der Waals surface area (Å²) in [6, 6.07) is -1.19. The monoisotopic (exact) mass is 1080 g/mol. The number of piperidine rings is 1. The number of carbonyl (C=O) groups is 5. The van der Waals surface area contributed by atoms with Crippen LogP contribution in [0.4, 0.5) is 0 Å². The van der Waals surface area contributed by atoms with Gasteiger partial charge in [0.05, 0.1) is 50.8 Å². The number of aliphatic hydroxyl groups is 3. The molecule has 1 aliphatic carbocycles. The zero-order chi connectivity index (χ0) is 55.6. The van der Waals surface area contributed by atoms with Gasteiger partial charge in [-0.1, -0.05) is 71.1 Å². The minimum Gasteiger partial charge on any atom is -0.460 e. The summed E-state index contributed by atoms with van der Waals surface area (Å²) in [6.07, 6.45) is 10.3. The number of hydrogen-bond donors (Lipinski definition) is 3. The maximum atomic E-state index is 14.6. The number of rotatable bonds is 14.